The van der Waals surface area contributed by atoms with Gasteiger partial charge in [0.1, 0.15) is 17.2 Å². The summed E-state index contributed by atoms with van der Waals surface area (Å²) in [6, 6.07) is 2.15. The smallest absolute Gasteiger partial charge is 0.260 e. The van der Waals surface area contributed by atoms with Crippen LogP contribution in [0.3, 0.4) is 0 Å². The van der Waals surface area contributed by atoms with Gasteiger partial charge in [0.15, 0.2) is 0 Å². The third-order valence-corrected chi connectivity index (χ3v) is 3.77. The first-order chi connectivity index (χ1) is 8.90. The maximum atomic E-state index is 13.8. The fraction of sp³-hybridized carbons (Fsp3) is 0.462. The number of hydrogen-bond acceptors (Lipinski definition) is 2. The molecule has 19 heavy (non-hydrogen) atoms. The Kier molecular flexibility index (Phi) is 4.20. The first-order valence-corrected chi connectivity index (χ1v) is 6.83. The van der Waals surface area contributed by atoms with E-state index in [0.717, 1.165) is 12.1 Å². The standard InChI is InChI=1S/C13H15BrF2N2O/c1-8-7-17(2)3-4-18(8)13(19)12-10(15)5-9(14)6-11(12)16/h5-6,8H,3-4,7H2,1-2H3. The van der Waals surface area contributed by atoms with Crippen molar-refractivity contribution in [1.29, 1.82) is 0 Å². The molecular formula is C13H15BrF2N2O. The Labute approximate surface area is 119 Å². The maximum absolute atomic E-state index is 13.8. The number of carbonyl (C=O) groups excluding carboxylic acids is 1. The number of benzene rings is 1. The lowest BCUT2D eigenvalue weighted by Crippen LogP contribution is -2.53. The van der Waals surface area contributed by atoms with Gasteiger partial charge in [-0.15, -0.1) is 0 Å². The van der Waals surface area contributed by atoms with Gasteiger partial charge in [0.2, 0.25) is 0 Å². The Morgan fingerprint density at radius 1 is 1.32 bits per heavy atom. The minimum absolute atomic E-state index is 0.0614. The lowest BCUT2D eigenvalue weighted by atomic mass is 10.1. The zero-order chi connectivity index (χ0) is 14.2. The summed E-state index contributed by atoms with van der Waals surface area (Å²) >= 11 is 3.00. The van der Waals surface area contributed by atoms with Crippen LogP contribution < -0.4 is 0 Å². The fourth-order valence-electron chi connectivity index (χ4n) is 2.33. The van der Waals surface area contributed by atoms with Crippen molar-refractivity contribution in [2.45, 2.75) is 13.0 Å². The van der Waals surface area contributed by atoms with E-state index in [4.69, 9.17) is 0 Å². The summed E-state index contributed by atoms with van der Waals surface area (Å²) in [5.74, 6) is -2.24. The van der Waals surface area contributed by atoms with Gasteiger partial charge in [0.25, 0.3) is 5.91 Å². The van der Waals surface area contributed by atoms with E-state index in [1.54, 1.807) is 0 Å². The van der Waals surface area contributed by atoms with Crippen molar-refractivity contribution >= 4 is 21.8 Å². The lowest BCUT2D eigenvalue weighted by molar-refractivity contribution is 0.0524. The van der Waals surface area contributed by atoms with Crippen LogP contribution in [0.2, 0.25) is 0 Å². The maximum Gasteiger partial charge on any atom is 0.260 e. The number of nitrogens with zero attached hydrogens (tertiary/aromatic N) is 2. The average molecular weight is 333 g/mol. The molecule has 1 heterocycles. The second kappa shape index (κ2) is 5.54. The van der Waals surface area contributed by atoms with Crippen molar-refractivity contribution in [3.63, 3.8) is 0 Å². The molecule has 0 N–H and O–H groups in total. The van der Waals surface area contributed by atoms with Gasteiger partial charge in [0.05, 0.1) is 0 Å². The monoisotopic (exact) mass is 332 g/mol. The Morgan fingerprint density at radius 2 is 1.89 bits per heavy atom. The van der Waals surface area contributed by atoms with Crippen molar-refractivity contribution in [2.75, 3.05) is 26.7 Å². The normalized spacial score (nSPS) is 20.7. The SMILES string of the molecule is CC1CN(C)CCN1C(=O)c1c(F)cc(Br)cc1F. The highest BCUT2D eigenvalue weighted by atomic mass is 79.9. The van der Waals surface area contributed by atoms with Crippen LogP contribution in [0.4, 0.5) is 8.78 Å². The van der Waals surface area contributed by atoms with Crippen molar-refractivity contribution in [2.24, 2.45) is 0 Å². The van der Waals surface area contributed by atoms with E-state index >= 15 is 0 Å². The van der Waals surface area contributed by atoms with Crippen LogP contribution in [0.5, 0.6) is 0 Å². The van der Waals surface area contributed by atoms with E-state index in [1.165, 1.54) is 4.90 Å². The van der Waals surface area contributed by atoms with Crippen molar-refractivity contribution in [3.8, 4) is 0 Å². The molecule has 6 heteroatoms. The van der Waals surface area contributed by atoms with Gasteiger partial charge in [-0.1, -0.05) is 15.9 Å². The van der Waals surface area contributed by atoms with E-state index in [9.17, 15) is 13.6 Å². The molecule has 1 aliphatic rings. The van der Waals surface area contributed by atoms with Crippen molar-refractivity contribution < 1.29 is 13.6 Å². The second-order valence-corrected chi connectivity index (χ2v) is 5.77. The molecule has 1 fully saturated rings. The Morgan fingerprint density at radius 3 is 2.42 bits per heavy atom. The van der Waals surface area contributed by atoms with E-state index in [0.29, 0.717) is 19.6 Å². The highest BCUT2D eigenvalue weighted by molar-refractivity contribution is 9.10. The number of amides is 1. The number of carbonyl (C=O) groups is 1. The van der Waals surface area contributed by atoms with Gasteiger partial charge in [-0.05, 0) is 26.1 Å². The molecule has 0 spiro atoms. The molecule has 1 aromatic rings. The first kappa shape index (κ1) is 14.4. The Balaban J connectivity index is 2.30. The minimum Gasteiger partial charge on any atom is -0.333 e. The summed E-state index contributed by atoms with van der Waals surface area (Å²) in [5, 5.41) is 0. The van der Waals surface area contributed by atoms with Crippen LogP contribution in [-0.2, 0) is 0 Å². The van der Waals surface area contributed by atoms with E-state index < -0.39 is 23.1 Å². The molecule has 0 saturated carbocycles. The first-order valence-electron chi connectivity index (χ1n) is 6.04. The van der Waals surface area contributed by atoms with E-state index in [1.807, 2.05) is 14.0 Å². The lowest BCUT2D eigenvalue weighted by Gasteiger charge is -2.38. The summed E-state index contributed by atoms with van der Waals surface area (Å²) in [7, 11) is 1.96. The summed E-state index contributed by atoms with van der Waals surface area (Å²) < 4.78 is 27.9. The molecule has 1 aliphatic heterocycles. The summed E-state index contributed by atoms with van der Waals surface area (Å²) in [4.78, 5) is 15.9. The van der Waals surface area contributed by atoms with Crippen LogP contribution in [0.15, 0.2) is 16.6 Å². The van der Waals surface area contributed by atoms with Gasteiger partial charge in [-0.2, -0.15) is 0 Å². The molecule has 0 aliphatic carbocycles. The second-order valence-electron chi connectivity index (χ2n) is 4.85. The largest absolute Gasteiger partial charge is 0.333 e. The Hall–Kier alpha value is -1.01. The van der Waals surface area contributed by atoms with Gasteiger partial charge in [0, 0.05) is 30.1 Å². The van der Waals surface area contributed by atoms with Gasteiger partial charge < -0.3 is 9.80 Å². The molecule has 1 unspecified atom stereocenters. The molecule has 1 saturated heterocycles. The molecule has 1 aromatic carbocycles. The molecule has 0 bridgehead atoms. The number of piperazine rings is 1. The summed E-state index contributed by atoms with van der Waals surface area (Å²) in [6.07, 6.45) is 0. The highest BCUT2D eigenvalue weighted by Gasteiger charge is 2.30. The molecule has 1 atom stereocenters. The highest BCUT2D eigenvalue weighted by Crippen LogP contribution is 2.22. The summed E-state index contributed by atoms with van der Waals surface area (Å²) in [6.45, 7) is 3.76. The zero-order valence-electron chi connectivity index (χ0n) is 10.8. The molecule has 1 amide bonds. The van der Waals surface area contributed by atoms with Gasteiger partial charge >= 0.3 is 0 Å². The molecule has 2 rings (SSSR count). The average Bonchev–Trinajstić information content (AvgIpc) is 2.26. The number of rotatable bonds is 1. The number of halogens is 3. The topological polar surface area (TPSA) is 23.6 Å². The van der Waals surface area contributed by atoms with Crippen LogP contribution in [0.25, 0.3) is 0 Å². The van der Waals surface area contributed by atoms with Crippen LogP contribution >= 0.6 is 15.9 Å². The van der Waals surface area contributed by atoms with Gasteiger partial charge in [-0.3, -0.25) is 4.79 Å². The van der Waals surface area contributed by atoms with Crippen LogP contribution in [0, 0.1) is 11.6 Å². The quantitative estimate of drug-likeness (QED) is 0.788. The predicted octanol–water partition coefficient (Wildman–Crippen LogP) is 2.50. The van der Waals surface area contributed by atoms with Crippen molar-refractivity contribution in [1.82, 2.24) is 9.80 Å². The predicted molar refractivity (Wildman–Crippen MR) is 72.1 cm³/mol. The third-order valence-electron chi connectivity index (χ3n) is 3.31. The molecular weight excluding hydrogens is 318 g/mol. The molecule has 0 aromatic heterocycles. The number of likely N-dealkylation sites (N-methyl/N-ethyl adjacent to an activating group) is 1. The molecule has 0 radical (unpaired) electrons. The van der Waals surface area contributed by atoms with Crippen molar-refractivity contribution in [3.05, 3.63) is 33.8 Å². The number of hydrogen-bond donors (Lipinski definition) is 0. The molecule has 104 valence electrons. The van der Waals surface area contributed by atoms with E-state index in [2.05, 4.69) is 20.8 Å². The zero-order valence-corrected chi connectivity index (χ0v) is 12.4. The van der Waals surface area contributed by atoms with Crippen LogP contribution in [-0.4, -0.2) is 48.4 Å². The summed E-state index contributed by atoms with van der Waals surface area (Å²) in [5.41, 5.74) is -0.473. The minimum atomic E-state index is -0.831. The molecule has 3 nitrogen and oxygen atoms in total. The fourth-order valence-corrected chi connectivity index (χ4v) is 2.73. The van der Waals surface area contributed by atoms with Crippen LogP contribution in [0.1, 0.15) is 17.3 Å². The van der Waals surface area contributed by atoms with E-state index in [-0.39, 0.29) is 10.5 Å². The Bertz CT molecular complexity index is 486. The van der Waals surface area contributed by atoms with Gasteiger partial charge in [-0.25, -0.2) is 8.78 Å². The third kappa shape index (κ3) is 2.95.